The second-order valence-electron chi connectivity index (χ2n) is 5.06. The molecule has 0 saturated carbocycles. The molecule has 0 saturated heterocycles. The molecule has 1 N–H and O–H groups in total. The Morgan fingerprint density at radius 3 is 2.96 bits per heavy atom. The molecule has 0 aliphatic carbocycles. The van der Waals surface area contributed by atoms with E-state index in [2.05, 4.69) is 38.3 Å². The van der Waals surface area contributed by atoms with Crippen LogP contribution in [-0.2, 0) is 9.53 Å². The van der Waals surface area contributed by atoms with E-state index in [1.165, 1.54) is 6.33 Å². The van der Waals surface area contributed by atoms with E-state index in [0.717, 1.165) is 12.1 Å². The van der Waals surface area contributed by atoms with Crippen molar-refractivity contribution in [2.75, 3.05) is 11.9 Å². The molecule has 0 amide bonds. The highest BCUT2D eigenvalue weighted by molar-refractivity contribution is 9.10. The number of esters is 1. The van der Waals surface area contributed by atoms with E-state index < -0.39 is 6.04 Å². The van der Waals surface area contributed by atoms with Crippen LogP contribution in [0.15, 0.2) is 38.8 Å². The first kappa shape index (κ1) is 15.8. The van der Waals surface area contributed by atoms with Gasteiger partial charge in [-0.15, -0.1) is 0 Å². The van der Waals surface area contributed by atoms with E-state index in [1.54, 1.807) is 17.7 Å². The summed E-state index contributed by atoms with van der Waals surface area (Å²) in [5.41, 5.74) is 1.30. The molecule has 1 unspecified atom stereocenters. The fourth-order valence-electron chi connectivity index (χ4n) is 2.65. The normalized spacial score (nSPS) is 16.9. The van der Waals surface area contributed by atoms with Crippen molar-refractivity contribution in [1.29, 1.82) is 0 Å². The molecule has 0 aromatic carbocycles. The van der Waals surface area contributed by atoms with Gasteiger partial charge >= 0.3 is 5.97 Å². The van der Waals surface area contributed by atoms with Crippen LogP contribution in [0, 0.1) is 0 Å². The summed E-state index contributed by atoms with van der Waals surface area (Å²) in [5.74, 6) is 0.808. The number of rotatable bonds is 5. The molecule has 2 aromatic heterocycles. The second-order valence-corrected chi connectivity index (χ2v) is 5.84. The minimum atomic E-state index is -0.499. The summed E-state index contributed by atoms with van der Waals surface area (Å²) in [6.45, 7) is 4.14. The van der Waals surface area contributed by atoms with Crippen LogP contribution >= 0.6 is 15.9 Å². The van der Waals surface area contributed by atoms with Gasteiger partial charge in [0.15, 0.2) is 4.67 Å². The molecule has 7 nitrogen and oxygen atoms in total. The Kier molecular flexibility index (Phi) is 4.51. The van der Waals surface area contributed by atoms with Crippen LogP contribution in [0.25, 0.3) is 0 Å². The van der Waals surface area contributed by atoms with Crippen LogP contribution in [0.3, 0.4) is 0 Å². The quantitative estimate of drug-likeness (QED) is 0.801. The highest BCUT2D eigenvalue weighted by Gasteiger charge is 2.37. The van der Waals surface area contributed by atoms with E-state index in [0.29, 0.717) is 35.0 Å². The molecule has 8 heteroatoms. The van der Waals surface area contributed by atoms with Gasteiger partial charge in [-0.3, -0.25) is 0 Å². The number of hydrogen-bond acceptors (Lipinski definition) is 6. The predicted octanol–water partition coefficient (Wildman–Crippen LogP) is 3.27. The van der Waals surface area contributed by atoms with Crippen molar-refractivity contribution in [3.63, 3.8) is 0 Å². The zero-order chi connectivity index (χ0) is 16.4. The molecule has 0 fully saturated rings. The van der Waals surface area contributed by atoms with E-state index >= 15 is 0 Å². The summed E-state index contributed by atoms with van der Waals surface area (Å²) >= 11 is 3.30. The lowest BCUT2D eigenvalue weighted by Crippen LogP contribution is -2.30. The molecule has 3 heterocycles. The maximum Gasteiger partial charge on any atom is 0.338 e. The van der Waals surface area contributed by atoms with Gasteiger partial charge < -0.3 is 14.5 Å². The number of halogens is 1. The van der Waals surface area contributed by atoms with Gasteiger partial charge in [-0.1, -0.05) is 13.3 Å². The first-order valence-corrected chi connectivity index (χ1v) is 8.26. The first-order valence-electron chi connectivity index (χ1n) is 7.47. The van der Waals surface area contributed by atoms with Crippen molar-refractivity contribution >= 4 is 27.8 Å². The fourth-order valence-corrected chi connectivity index (χ4v) is 2.97. The Balaban J connectivity index is 2.15. The zero-order valence-corrected chi connectivity index (χ0v) is 14.5. The number of carbonyl (C=O) groups is 1. The number of fused-ring (bicyclic) bond motifs is 1. The lowest BCUT2D eigenvalue weighted by molar-refractivity contribution is -0.139. The van der Waals surface area contributed by atoms with Crippen molar-refractivity contribution in [2.45, 2.75) is 32.7 Å². The van der Waals surface area contributed by atoms with Gasteiger partial charge in [-0.05, 0) is 41.4 Å². The van der Waals surface area contributed by atoms with Gasteiger partial charge in [0.2, 0.25) is 5.95 Å². The van der Waals surface area contributed by atoms with Crippen LogP contribution in [-0.4, -0.2) is 27.3 Å². The summed E-state index contributed by atoms with van der Waals surface area (Å²) < 4.78 is 13.2. The zero-order valence-electron chi connectivity index (χ0n) is 12.9. The third kappa shape index (κ3) is 2.90. The molecule has 3 rings (SSSR count). The van der Waals surface area contributed by atoms with Crippen LogP contribution in [0.1, 0.15) is 38.5 Å². The Labute approximate surface area is 141 Å². The van der Waals surface area contributed by atoms with Crippen molar-refractivity contribution in [3.05, 3.63) is 40.2 Å². The molecular weight excluding hydrogens is 364 g/mol. The lowest BCUT2D eigenvalue weighted by atomic mass is 9.98. The Morgan fingerprint density at radius 1 is 1.48 bits per heavy atom. The number of ether oxygens (including phenoxy) is 1. The maximum absolute atomic E-state index is 12.6. The molecule has 2 aromatic rings. The van der Waals surface area contributed by atoms with E-state index in [4.69, 9.17) is 9.15 Å². The van der Waals surface area contributed by atoms with Crippen LogP contribution in [0.5, 0.6) is 0 Å². The van der Waals surface area contributed by atoms with Crippen molar-refractivity contribution < 1.29 is 13.9 Å². The highest BCUT2D eigenvalue weighted by atomic mass is 79.9. The van der Waals surface area contributed by atoms with Gasteiger partial charge in [0.25, 0.3) is 0 Å². The number of nitrogens with zero attached hydrogens (tertiary/aromatic N) is 3. The summed E-state index contributed by atoms with van der Waals surface area (Å²) in [7, 11) is 0. The number of furan rings is 1. The smallest absolute Gasteiger partial charge is 0.338 e. The van der Waals surface area contributed by atoms with E-state index in [1.807, 2.05) is 6.07 Å². The number of hydrogen-bond donors (Lipinski definition) is 1. The molecular formula is C15H17BrN4O3. The van der Waals surface area contributed by atoms with E-state index in [-0.39, 0.29) is 5.97 Å². The van der Waals surface area contributed by atoms with Gasteiger partial charge in [-0.25, -0.2) is 9.48 Å². The van der Waals surface area contributed by atoms with Gasteiger partial charge in [0, 0.05) is 5.70 Å². The van der Waals surface area contributed by atoms with Gasteiger partial charge in [0.05, 0.1) is 12.2 Å². The molecule has 1 aliphatic heterocycles. The average Bonchev–Trinajstić information content (AvgIpc) is 3.15. The third-order valence-corrected chi connectivity index (χ3v) is 3.96. The number of allylic oxidation sites excluding steroid dienone is 1. The SMILES string of the molecule is CCCC1=C(C(=O)OCC)C(c2ccc(Br)o2)n2ncnc2N1. The maximum atomic E-state index is 12.6. The van der Waals surface area contributed by atoms with E-state index in [9.17, 15) is 4.79 Å². The number of carbonyl (C=O) groups excluding carboxylic acids is 1. The Hall–Kier alpha value is -2.09. The molecule has 0 bridgehead atoms. The molecule has 0 radical (unpaired) electrons. The summed E-state index contributed by atoms with van der Waals surface area (Å²) in [4.78, 5) is 16.8. The minimum absolute atomic E-state index is 0.306. The van der Waals surface area contributed by atoms with Gasteiger partial charge in [0.1, 0.15) is 18.1 Å². The fraction of sp³-hybridized carbons (Fsp3) is 0.400. The highest BCUT2D eigenvalue weighted by Crippen LogP contribution is 2.37. The number of nitrogens with one attached hydrogen (secondary N) is 1. The van der Waals surface area contributed by atoms with Crippen molar-refractivity contribution in [3.8, 4) is 0 Å². The third-order valence-electron chi connectivity index (χ3n) is 3.54. The average molecular weight is 381 g/mol. The summed E-state index contributed by atoms with van der Waals surface area (Å²) in [6, 6.07) is 3.10. The summed E-state index contributed by atoms with van der Waals surface area (Å²) in [5, 5.41) is 7.43. The largest absolute Gasteiger partial charge is 0.463 e. The van der Waals surface area contributed by atoms with Gasteiger partial charge in [-0.2, -0.15) is 10.1 Å². The number of aromatic nitrogens is 3. The van der Waals surface area contributed by atoms with Crippen molar-refractivity contribution in [1.82, 2.24) is 14.8 Å². The van der Waals surface area contributed by atoms with Crippen molar-refractivity contribution in [2.24, 2.45) is 0 Å². The molecule has 0 spiro atoms. The van der Waals surface area contributed by atoms with Crippen LogP contribution < -0.4 is 5.32 Å². The predicted molar refractivity (Wildman–Crippen MR) is 86.8 cm³/mol. The molecule has 23 heavy (non-hydrogen) atoms. The topological polar surface area (TPSA) is 82.2 Å². The second kappa shape index (κ2) is 6.57. The van der Waals surface area contributed by atoms with Crippen LogP contribution in [0.2, 0.25) is 0 Å². The number of anilines is 1. The molecule has 122 valence electrons. The summed E-state index contributed by atoms with van der Waals surface area (Å²) in [6.07, 6.45) is 3.04. The standard InChI is InChI=1S/C15H17BrN4O3/c1-3-5-9-12(14(21)22-4-2)13(10-6-7-11(16)23-10)20-15(19-9)17-8-18-20/h6-8,13H,3-5H2,1-2H3,(H,17,18,19). The molecule has 1 atom stereocenters. The Bertz CT molecular complexity index is 749. The molecule has 1 aliphatic rings. The Morgan fingerprint density at radius 2 is 2.30 bits per heavy atom. The minimum Gasteiger partial charge on any atom is -0.463 e. The first-order chi connectivity index (χ1) is 11.2. The van der Waals surface area contributed by atoms with Crippen LogP contribution in [0.4, 0.5) is 5.95 Å². The monoisotopic (exact) mass is 380 g/mol. The lowest BCUT2D eigenvalue weighted by Gasteiger charge is -2.27.